The number of amides is 1. The van der Waals surface area contributed by atoms with Gasteiger partial charge in [-0.15, -0.1) is 10.2 Å². The van der Waals surface area contributed by atoms with Crippen molar-refractivity contribution >= 4 is 17.7 Å². The summed E-state index contributed by atoms with van der Waals surface area (Å²) in [5.74, 6) is 3.69. The average molecular weight is 428 g/mol. The molecule has 1 aromatic carbocycles. The highest BCUT2D eigenvalue weighted by Crippen LogP contribution is 2.55. The van der Waals surface area contributed by atoms with Crippen LogP contribution in [0, 0.1) is 24.7 Å². The Morgan fingerprint density at radius 2 is 1.93 bits per heavy atom. The third-order valence-corrected chi connectivity index (χ3v) is 7.81. The van der Waals surface area contributed by atoms with Crippen LogP contribution in [0.3, 0.4) is 0 Å². The Labute approximate surface area is 181 Å². The van der Waals surface area contributed by atoms with Crippen molar-refractivity contribution in [3.63, 3.8) is 0 Å². The monoisotopic (exact) mass is 427 g/mol. The molecular weight excluding hydrogens is 398 g/mol. The van der Waals surface area contributed by atoms with Crippen molar-refractivity contribution in [2.45, 2.75) is 75.0 Å². The van der Waals surface area contributed by atoms with Crippen LogP contribution in [0.2, 0.25) is 0 Å². The van der Waals surface area contributed by atoms with Crippen LogP contribution in [0.15, 0.2) is 33.9 Å². The molecule has 4 fully saturated rings. The van der Waals surface area contributed by atoms with E-state index in [0.29, 0.717) is 11.1 Å². The fraction of sp³-hybridized carbons (Fsp3) is 0.609. The van der Waals surface area contributed by atoms with Gasteiger partial charge in [0.25, 0.3) is 11.1 Å². The molecule has 160 valence electrons. The average Bonchev–Trinajstić information content (AvgIpc) is 3.12. The third-order valence-electron chi connectivity index (χ3n) is 6.87. The van der Waals surface area contributed by atoms with E-state index in [9.17, 15) is 4.79 Å². The lowest BCUT2D eigenvalue weighted by molar-refractivity contribution is -0.126. The fourth-order valence-electron chi connectivity index (χ4n) is 6.03. The van der Waals surface area contributed by atoms with Gasteiger partial charge in [0.2, 0.25) is 5.91 Å². The lowest BCUT2D eigenvalue weighted by atomic mass is 9.53. The van der Waals surface area contributed by atoms with Crippen molar-refractivity contribution in [1.82, 2.24) is 15.5 Å². The van der Waals surface area contributed by atoms with Crippen molar-refractivity contribution < 1.29 is 13.9 Å². The molecule has 0 spiro atoms. The van der Waals surface area contributed by atoms with E-state index in [4.69, 9.17) is 9.15 Å². The first-order chi connectivity index (χ1) is 14.5. The van der Waals surface area contributed by atoms with E-state index in [0.717, 1.165) is 48.3 Å². The normalized spacial score (nSPS) is 30.3. The molecule has 1 amide bonds. The third kappa shape index (κ3) is 4.22. The Morgan fingerprint density at radius 3 is 2.60 bits per heavy atom. The van der Waals surface area contributed by atoms with E-state index < -0.39 is 0 Å². The van der Waals surface area contributed by atoms with Crippen LogP contribution in [0.25, 0.3) is 0 Å². The largest absolute Gasteiger partial charge is 0.484 e. The number of hydrogen-bond donors (Lipinski definition) is 1. The van der Waals surface area contributed by atoms with Crippen molar-refractivity contribution in [2.75, 3.05) is 0 Å². The molecule has 30 heavy (non-hydrogen) atoms. The quantitative estimate of drug-likeness (QED) is 0.655. The van der Waals surface area contributed by atoms with E-state index in [1.807, 2.05) is 38.1 Å². The molecule has 1 heterocycles. The number of thioether (sulfide) groups is 1. The van der Waals surface area contributed by atoms with Gasteiger partial charge in [0.15, 0.2) is 6.61 Å². The minimum atomic E-state index is -0.274. The second-order valence-electron chi connectivity index (χ2n) is 9.51. The van der Waals surface area contributed by atoms with Crippen molar-refractivity contribution in [3.05, 3.63) is 35.7 Å². The van der Waals surface area contributed by atoms with Gasteiger partial charge < -0.3 is 14.5 Å². The maximum absolute atomic E-state index is 12.9. The Bertz CT molecular complexity index is 893. The second kappa shape index (κ2) is 7.91. The molecule has 1 aromatic heterocycles. The maximum atomic E-state index is 12.9. The first-order valence-corrected chi connectivity index (χ1v) is 11.8. The SMILES string of the molecule is Cc1cccc(OCc2nnc(SC(C)C(=O)NC34CC5CC(CC(C5)C3)C4)o2)c1. The van der Waals surface area contributed by atoms with Crippen LogP contribution in [-0.4, -0.2) is 26.9 Å². The molecule has 7 heteroatoms. The Morgan fingerprint density at radius 1 is 1.23 bits per heavy atom. The van der Waals surface area contributed by atoms with Gasteiger partial charge in [-0.3, -0.25) is 4.79 Å². The van der Waals surface area contributed by atoms with Gasteiger partial charge in [-0.05, 0) is 87.8 Å². The van der Waals surface area contributed by atoms with Gasteiger partial charge in [-0.1, -0.05) is 23.9 Å². The van der Waals surface area contributed by atoms with Crippen LogP contribution in [0.5, 0.6) is 5.75 Å². The second-order valence-corrected chi connectivity index (χ2v) is 10.8. The number of rotatable bonds is 7. The van der Waals surface area contributed by atoms with E-state index >= 15 is 0 Å². The molecular formula is C23H29N3O3S. The number of nitrogens with one attached hydrogen (secondary N) is 1. The summed E-state index contributed by atoms with van der Waals surface area (Å²) >= 11 is 1.32. The number of nitrogens with zero attached hydrogens (tertiary/aromatic N) is 2. The van der Waals surface area contributed by atoms with E-state index in [1.54, 1.807) is 0 Å². The van der Waals surface area contributed by atoms with Crippen molar-refractivity contribution in [1.29, 1.82) is 0 Å². The van der Waals surface area contributed by atoms with Gasteiger partial charge in [-0.2, -0.15) is 0 Å². The smallest absolute Gasteiger partial charge is 0.277 e. The number of hydrogen-bond acceptors (Lipinski definition) is 6. The predicted molar refractivity (Wildman–Crippen MR) is 114 cm³/mol. The Hall–Kier alpha value is -2.02. The van der Waals surface area contributed by atoms with Crippen LogP contribution in [0.1, 0.15) is 56.9 Å². The van der Waals surface area contributed by atoms with Crippen molar-refractivity contribution in [2.24, 2.45) is 17.8 Å². The summed E-state index contributed by atoms with van der Waals surface area (Å²) in [4.78, 5) is 12.9. The summed E-state index contributed by atoms with van der Waals surface area (Å²) in [6, 6.07) is 7.83. The van der Waals surface area contributed by atoms with E-state index in [2.05, 4.69) is 15.5 Å². The lowest BCUT2D eigenvalue weighted by Gasteiger charge is -2.57. The number of ether oxygens (including phenoxy) is 1. The molecule has 6 rings (SSSR count). The molecule has 6 nitrogen and oxygen atoms in total. The number of carbonyl (C=O) groups excluding carboxylic acids is 1. The predicted octanol–water partition coefficient (Wildman–Crippen LogP) is 4.52. The molecule has 4 bridgehead atoms. The van der Waals surface area contributed by atoms with Gasteiger partial charge >= 0.3 is 0 Å². The topological polar surface area (TPSA) is 77.2 Å². The highest BCUT2D eigenvalue weighted by Gasteiger charge is 2.51. The van der Waals surface area contributed by atoms with Gasteiger partial charge in [-0.25, -0.2) is 0 Å². The minimum Gasteiger partial charge on any atom is -0.484 e. The zero-order chi connectivity index (χ0) is 20.7. The highest BCUT2D eigenvalue weighted by atomic mass is 32.2. The molecule has 2 aromatic rings. The first kappa shape index (κ1) is 19.9. The van der Waals surface area contributed by atoms with Gasteiger partial charge in [0, 0.05) is 5.54 Å². The zero-order valence-corrected chi connectivity index (χ0v) is 18.4. The fourth-order valence-corrected chi connectivity index (χ4v) is 6.73. The molecule has 1 unspecified atom stereocenters. The van der Waals surface area contributed by atoms with Gasteiger partial charge in [0.05, 0.1) is 5.25 Å². The molecule has 0 aliphatic heterocycles. The summed E-state index contributed by atoms with van der Waals surface area (Å²) in [5.41, 5.74) is 1.16. The summed E-state index contributed by atoms with van der Waals surface area (Å²) in [7, 11) is 0. The maximum Gasteiger partial charge on any atom is 0.277 e. The molecule has 0 saturated heterocycles. The summed E-state index contributed by atoms with van der Waals surface area (Å²) in [6.45, 7) is 4.14. The first-order valence-electron chi connectivity index (χ1n) is 11.0. The summed E-state index contributed by atoms with van der Waals surface area (Å²) in [5, 5.41) is 11.7. The zero-order valence-electron chi connectivity index (χ0n) is 17.6. The molecule has 4 saturated carbocycles. The highest BCUT2D eigenvalue weighted by molar-refractivity contribution is 8.00. The summed E-state index contributed by atoms with van der Waals surface area (Å²) < 4.78 is 11.4. The summed E-state index contributed by atoms with van der Waals surface area (Å²) in [6.07, 6.45) is 7.58. The minimum absolute atomic E-state index is 0.0301. The molecule has 1 atom stereocenters. The number of aryl methyl sites for hydroxylation is 1. The van der Waals surface area contributed by atoms with Gasteiger partial charge in [0.1, 0.15) is 5.75 Å². The van der Waals surface area contributed by atoms with Crippen LogP contribution in [0.4, 0.5) is 0 Å². The Balaban J connectivity index is 1.15. The van der Waals surface area contributed by atoms with Crippen molar-refractivity contribution in [3.8, 4) is 5.75 Å². The van der Waals surface area contributed by atoms with E-state index in [1.165, 1.54) is 31.0 Å². The van der Waals surface area contributed by atoms with E-state index in [-0.39, 0.29) is 23.3 Å². The van der Waals surface area contributed by atoms with Crippen LogP contribution >= 0.6 is 11.8 Å². The molecule has 1 N–H and O–H groups in total. The number of benzene rings is 1. The standard InChI is InChI=1S/C23H29N3O3S/c1-14-4-3-5-19(6-14)28-13-20-25-26-22(29-20)30-15(2)21(27)24-23-10-16-7-17(11-23)9-18(8-16)12-23/h3-6,15-18H,7-13H2,1-2H3,(H,24,27). The molecule has 4 aliphatic carbocycles. The molecule has 0 radical (unpaired) electrons. The molecule has 4 aliphatic rings. The van der Waals surface area contributed by atoms with Crippen LogP contribution in [-0.2, 0) is 11.4 Å². The van der Waals surface area contributed by atoms with Crippen LogP contribution < -0.4 is 10.1 Å². The Kier molecular flexibility index (Phi) is 5.25. The lowest BCUT2D eigenvalue weighted by Crippen LogP contribution is -2.60. The number of carbonyl (C=O) groups is 1. The number of aromatic nitrogens is 2.